The van der Waals surface area contributed by atoms with Crippen molar-refractivity contribution in [3.63, 3.8) is 0 Å². The zero-order valence-electron chi connectivity index (χ0n) is 19.3. The number of morpholine rings is 1. The van der Waals surface area contributed by atoms with Gasteiger partial charge < -0.3 is 19.5 Å². The molecule has 1 N–H and O–H groups in total. The predicted molar refractivity (Wildman–Crippen MR) is 119 cm³/mol. The molecule has 0 bridgehead atoms. The summed E-state index contributed by atoms with van der Waals surface area (Å²) in [7, 11) is 2.79. The third kappa shape index (κ3) is 4.81. The first-order valence-corrected chi connectivity index (χ1v) is 10.7. The summed E-state index contributed by atoms with van der Waals surface area (Å²) in [5, 5.41) is 2.68. The highest BCUT2D eigenvalue weighted by molar-refractivity contribution is 5.94. The Bertz CT molecular complexity index is 1030. The maximum Gasteiger partial charge on any atom is 0.337 e. The van der Waals surface area contributed by atoms with Crippen LogP contribution in [0.1, 0.15) is 20.8 Å². The molecule has 0 aliphatic carbocycles. The molecular weight excluding hydrogens is 416 g/mol. The lowest BCUT2D eigenvalue weighted by Gasteiger charge is -2.28. The van der Waals surface area contributed by atoms with Crippen LogP contribution in [0.5, 0.6) is 5.75 Å². The lowest BCUT2D eigenvalue weighted by Crippen LogP contribution is -2.52. The van der Waals surface area contributed by atoms with Gasteiger partial charge in [-0.25, -0.2) is 19.0 Å². The Hall–Kier alpha value is -2.85. The number of carbonyl (C=O) groups is 2. The van der Waals surface area contributed by atoms with Gasteiger partial charge in [-0.15, -0.1) is 0 Å². The Balaban J connectivity index is 2.01. The standard InChI is InChI=1S/C22H32N4O6/c1-22(2,3)18(19(27)31-5)23-20(28)26-15-7-6-8-16(30-4)17(15)25(21(26)29)10-9-24-11-13-32-14-12-24/h6-8,18H,9-14H2,1-5H3,(H,23,28)/t18-/m1/s1. The number of aromatic nitrogens is 2. The Morgan fingerprint density at radius 3 is 2.44 bits per heavy atom. The summed E-state index contributed by atoms with van der Waals surface area (Å²) in [4.78, 5) is 41.1. The lowest BCUT2D eigenvalue weighted by atomic mass is 9.87. The number of hydrogen-bond acceptors (Lipinski definition) is 7. The van der Waals surface area contributed by atoms with Crippen LogP contribution in [0, 0.1) is 5.41 Å². The van der Waals surface area contributed by atoms with E-state index in [2.05, 4.69) is 10.2 Å². The molecule has 1 aliphatic heterocycles. The number of hydrogen-bond donors (Lipinski definition) is 1. The third-order valence-corrected chi connectivity index (χ3v) is 5.65. The molecule has 2 heterocycles. The van der Waals surface area contributed by atoms with E-state index in [1.807, 2.05) is 20.8 Å². The van der Waals surface area contributed by atoms with Crippen molar-refractivity contribution in [3.05, 3.63) is 28.7 Å². The number of imidazole rings is 1. The van der Waals surface area contributed by atoms with E-state index in [0.29, 0.717) is 43.1 Å². The topological polar surface area (TPSA) is 104 Å². The van der Waals surface area contributed by atoms with Gasteiger partial charge in [0.2, 0.25) is 0 Å². The van der Waals surface area contributed by atoms with Crippen molar-refractivity contribution in [1.82, 2.24) is 19.4 Å². The number of benzene rings is 1. The van der Waals surface area contributed by atoms with Gasteiger partial charge in [-0.2, -0.15) is 0 Å². The van der Waals surface area contributed by atoms with Gasteiger partial charge in [0.1, 0.15) is 17.3 Å². The number of methoxy groups -OCH3 is 2. The number of ether oxygens (including phenoxy) is 3. The average Bonchev–Trinajstić information content (AvgIpc) is 3.06. The highest BCUT2D eigenvalue weighted by atomic mass is 16.5. The molecule has 0 saturated carbocycles. The Morgan fingerprint density at radius 1 is 1.16 bits per heavy atom. The van der Waals surface area contributed by atoms with E-state index < -0.39 is 29.1 Å². The molecule has 3 rings (SSSR count). The maximum absolute atomic E-state index is 13.4. The van der Waals surface area contributed by atoms with Gasteiger partial charge in [0.15, 0.2) is 0 Å². The van der Waals surface area contributed by atoms with Crippen molar-refractivity contribution in [2.24, 2.45) is 5.41 Å². The third-order valence-electron chi connectivity index (χ3n) is 5.65. The molecule has 0 spiro atoms. The first-order valence-electron chi connectivity index (χ1n) is 10.7. The van der Waals surface area contributed by atoms with Crippen molar-refractivity contribution in [3.8, 4) is 5.75 Å². The van der Waals surface area contributed by atoms with E-state index in [1.54, 1.807) is 22.8 Å². The Kier molecular flexibility index (Phi) is 7.25. The van der Waals surface area contributed by atoms with Crippen LogP contribution in [0.2, 0.25) is 0 Å². The minimum atomic E-state index is -0.927. The van der Waals surface area contributed by atoms with Crippen LogP contribution in [0.4, 0.5) is 4.79 Å². The van der Waals surface area contributed by atoms with Gasteiger partial charge in [0, 0.05) is 26.2 Å². The van der Waals surface area contributed by atoms with Crippen molar-refractivity contribution in [2.45, 2.75) is 33.4 Å². The molecule has 0 radical (unpaired) electrons. The van der Waals surface area contributed by atoms with Crippen LogP contribution in [-0.2, 0) is 20.8 Å². The summed E-state index contributed by atoms with van der Waals surface area (Å²) in [5.41, 5.74) is -0.161. The van der Waals surface area contributed by atoms with E-state index in [4.69, 9.17) is 14.2 Å². The first-order chi connectivity index (χ1) is 15.2. The minimum Gasteiger partial charge on any atom is -0.494 e. The van der Waals surface area contributed by atoms with Crippen LogP contribution < -0.4 is 15.7 Å². The number of rotatable bonds is 6. The molecule has 1 saturated heterocycles. The Morgan fingerprint density at radius 2 is 1.84 bits per heavy atom. The normalized spacial score (nSPS) is 16.0. The molecule has 10 nitrogen and oxygen atoms in total. The first kappa shape index (κ1) is 23.8. The SMILES string of the molecule is COC(=O)[C@@H](NC(=O)n1c(=O)n(CCN2CCOCC2)c2c(OC)cccc21)C(C)(C)C. The van der Waals surface area contributed by atoms with E-state index >= 15 is 0 Å². The molecule has 1 aromatic heterocycles. The second kappa shape index (κ2) is 9.74. The van der Waals surface area contributed by atoms with Crippen molar-refractivity contribution >= 4 is 23.0 Å². The van der Waals surface area contributed by atoms with E-state index in [-0.39, 0.29) is 0 Å². The smallest absolute Gasteiger partial charge is 0.337 e. The molecule has 1 amide bonds. The van der Waals surface area contributed by atoms with Crippen LogP contribution in [0.25, 0.3) is 11.0 Å². The summed E-state index contributed by atoms with van der Waals surface area (Å²) in [6, 6.07) is 3.54. The Labute approximate surface area is 187 Å². The second-order valence-electron chi connectivity index (χ2n) is 8.82. The number of esters is 1. The van der Waals surface area contributed by atoms with Gasteiger partial charge in [0.25, 0.3) is 0 Å². The van der Waals surface area contributed by atoms with Crippen molar-refractivity contribution in [2.75, 3.05) is 47.1 Å². The molecule has 1 atom stereocenters. The largest absolute Gasteiger partial charge is 0.494 e. The number of nitrogens with zero attached hydrogens (tertiary/aromatic N) is 3. The fraction of sp³-hybridized carbons (Fsp3) is 0.591. The molecule has 2 aromatic rings. The summed E-state index contributed by atoms with van der Waals surface area (Å²) in [6.07, 6.45) is 0. The lowest BCUT2D eigenvalue weighted by molar-refractivity contribution is -0.145. The molecule has 0 unspecified atom stereocenters. The highest BCUT2D eigenvalue weighted by Crippen LogP contribution is 2.25. The zero-order valence-corrected chi connectivity index (χ0v) is 19.3. The molecular formula is C22H32N4O6. The molecule has 1 aliphatic rings. The fourth-order valence-corrected chi connectivity index (χ4v) is 3.85. The summed E-state index contributed by atoms with van der Waals surface area (Å²) in [6.45, 7) is 9.35. The van der Waals surface area contributed by atoms with Gasteiger partial charge in [-0.05, 0) is 17.5 Å². The highest BCUT2D eigenvalue weighted by Gasteiger charge is 2.35. The van der Waals surface area contributed by atoms with Crippen molar-refractivity contribution in [1.29, 1.82) is 0 Å². The van der Waals surface area contributed by atoms with E-state index in [9.17, 15) is 14.4 Å². The van der Waals surface area contributed by atoms with Crippen molar-refractivity contribution < 1.29 is 23.8 Å². The maximum atomic E-state index is 13.4. The average molecular weight is 449 g/mol. The minimum absolute atomic E-state index is 0.385. The summed E-state index contributed by atoms with van der Waals surface area (Å²) < 4.78 is 18.3. The van der Waals surface area contributed by atoms with Crippen LogP contribution in [-0.4, -0.2) is 79.1 Å². The van der Waals surface area contributed by atoms with E-state index in [1.165, 1.54) is 14.2 Å². The monoisotopic (exact) mass is 448 g/mol. The molecule has 32 heavy (non-hydrogen) atoms. The summed E-state index contributed by atoms with van der Waals surface area (Å²) >= 11 is 0. The number of para-hydroxylation sites is 1. The second-order valence-corrected chi connectivity index (χ2v) is 8.82. The van der Waals surface area contributed by atoms with Crippen LogP contribution in [0.15, 0.2) is 23.0 Å². The summed E-state index contributed by atoms with van der Waals surface area (Å²) in [5.74, 6) is -0.0824. The van der Waals surface area contributed by atoms with Gasteiger partial charge in [-0.3, -0.25) is 9.47 Å². The fourth-order valence-electron chi connectivity index (χ4n) is 3.85. The van der Waals surface area contributed by atoms with E-state index in [0.717, 1.165) is 17.7 Å². The van der Waals surface area contributed by atoms with Crippen LogP contribution >= 0.6 is 0 Å². The van der Waals surface area contributed by atoms with Crippen LogP contribution in [0.3, 0.4) is 0 Å². The predicted octanol–water partition coefficient (Wildman–Crippen LogP) is 1.29. The molecule has 1 fully saturated rings. The molecule has 1 aromatic carbocycles. The molecule has 176 valence electrons. The van der Waals surface area contributed by atoms with Gasteiger partial charge in [-0.1, -0.05) is 26.8 Å². The molecule has 10 heteroatoms. The number of fused-ring (bicyclic) bond motifs is 1. The van der Waals surface area contributed by atoms with Gasteiger partial charge in [0.05, 0.1) is 33.0 Å². The number of amides is 1. The number of carbonyl (C=O) groups excluding carboxylic acids is 2. The quantitative estimate of drug-likeness (QED) is 0.664. The zero-order chi connectivity index (χ0) is 23.5. The van der Waals surface area contributed by atoms with Gasteiger partial charge >= 0.3 is 17.7 Å². The number of nitrogens with one attached hydrogen (secondary N) is 1.